The largest absolute Gasteiger partial charge is 0.468 e. The monoisotopic (exact) mass is 529 g/mol. The second-order valence-corrected chi connectivity index (χ2v) is 6.23. The molecule has 4 nitrogen and oxygen atoms in total. The maximum atomic E-state index is 14.3. The Balaban J connectivity index is 0.00000288. The van der Waals surface area contributed by atoms with Crippen LogP contribution in [-0.2, 0) is 42.2 Å². The number of amides is 1. The molecule has 0 saturated carbocycles. The standard InChI is InChI=1S/C15H14F3INO3.Y/c1-22-8-23-9-2-3-10(11(16)6-9)13-5-4-12(19)15(21)20(13)7-14(17)18;/h2-3,6,12,14H,4,7-8H2,1H3;/q-1;. The number of halogens is 4. The molecule has 1 aromatic carbocycles. The number of carbonyl (C=O) groups is 1. The van der Waals surface area contributed by atoms with Crippen molar-refractivity contribution < 1.29 is 60.1 Å². The average molecular weight is 529 g/mol. The first kappa shape index (κ1) is 21.9. The van der Waals surface area contributed by atoms with Gasteiger partial charge in [0.15, 0.2) is 6.79 Å². The minimum Gasteiger partial charge on any atom is -0.468 e. The van der Waals surface area contributed by atoms with Gasteiger partial charge in [-0.3, -0.25) is 4.79 Å². The third-order valence-electron chi connectivity index (χ3n) is 3.11. The number of carbonyl (C=O) groups excluding carboxylic acids is 1. The van der Waals surface area contributed by atoms with Gasteiger partial charge >= 0.3 is 0 Å². The van der Waals surface area contributed by atoms with Gasteiger partial charge in [-0.05, 0) is 12.1 Å². The number of rotatable bonds is 6. The summed E-state index contributed by atoms with van der Waals surface area (Å²) in [6.07, 6.45) is 0.378. The summed E-state index contributed by atoms with van der Waals surface area (Å²) in [6, 6.07) is 3.97. The Morgan fingerprint density at radius 1 is 1.46 bits per heavy atom. The molecule has 9 heteroatoms. The Bertz CT molecular complexity index is 616. The van der Waals surface area contributed by atoms with E-state index in [9.17, 15) is 18.0 Å². The zero-order valence-electron chi connectivity index (χ0n) is 12.8. The third kappa shape index (κ3) is 5.41. The van der Waals surface area contributed by atoms with Gasteiger partial charge in [-0.2, -0.15) is 0 Å². The summed E-state index contributed by atoms with van der Waals surface area (Å²) in [5.41, 5.74) is 0.0751. The Hall–Kier alpha value is -0.186. The molecule has 1 radical (unpaired) electrons. The summed E-state index contributed by atoms with van der Waals surface area (Å²) in [4.78, 5) is 13.0. The molecule has 0 aromatic heterocycles. The first-order chi connectivity index (χ1) is 10.9. The van der Waals surface area contributed by atoms with E-state index in [-0.39, 0.29) is 62.9 Å². The molecular weight excluding hydrogens is 515 g/mol. The molecule has 129 valence electrons. The van der Waals surface area contributed by atoms with Crippen LogP contribution in [-0.4, -0.2) is 41.6 Å². The summed E-state index contributed by atoms with van der Waals surface area (Å²) < 4.78 is 49.1. The van der Waals surface area contributed by atoms with Crippen molar-refractivity contribution in [2.24, 2.45) is 0 Å². The van der Waals surface area contributed by atoms with Crippen molar-refractivity contribution in [3.63, 3.8) is 0 Å². The van der Waals surface area contributed by atoms with Crippen molar-refractivity contribution in [2.45, 2.75) is 16.8 Å². The van der Waals surface area contributed by atoms with Crippen LogP contribution in [0.4, 0.5) is 13.2 Å². The van der Waals surface area contributed by atoms with E-state index in [0.717, 1.165) is 11.0 Å². The molecule has 1 amide bonds. The van der Waals surface area contributed by atoms with Crippen molar-refractivity contribution in [1.82, 2.24) is 4.90 Å². The van der Waals surface area contributed by atoms with Crippen molar-refractivity contribution in [1.29, 1.82) is 0 Å². The van der Waals surface area contributed by atoms with E-state index in [1.807, 2.05) is 22.6 Å². The van der Waals surface area contributed by atoms with E-state index in [0.29, 0.717) is 0 Å². The summed E-state index contributed by atoms with van der Waals surface area (Å²) in [6.45, 7) is -0.831. The quantitative estimate of drug-likeness (QED) is 0.246. The van der Waals surface area contributed by atoms with Crippen LogP contribution in [0.1, 0.15) is 12.0 Å². The molecule has 1 aliphatic rings. The average Bonchev–Trinajstić information content (AvgIpc) is 2.50. The molecule has 0 N–H and O–H groups in total. The van der Waals surface area contributed by atoms with Crippen LogP contribution in [0.15, 0.2) is 18.2 Å². The molecule has 0 bridgehead atoms. The molecule has 1 aromatic rings. The first-order valence-corrected chi connectivity index (χ1v) is 7.94. The molecule has 1 atom stereocenters. The summed E-state index contributed by atoms with van der Waals surface area (Å²) in [5.74, 6) is -0.915. The van der Waals surface area contributed by atoms with Gasteiger partial charge < -0.3 is 14.4 Å². The van der Waals surface area contributed by atoms with Gasteiger partial charge in [-0.1, -0.05) is 29.0 Å². The summed E-state index contributed by atoms with van der Waals surface area (Å²) in [5, 5.41) is 0. The zero-order valence-corrected chi connectivity index (χ0v) is 17.8. The predicted molar refractivity (Wildman–Crippen MR) is 85.7 cm³/mol. The van der Waals surface area contributed by atoms with Crippen LogP contribution in [0, 0.1) is 11.9 Å². The second-order valence-electron chi connectivity index (χ2n) is 4.73. The Morgan fingerprint density at radius 3 is 2.75 bits per heavy atom. The molecule has 0 saturated heterocycles. The van der Waals surface area contributed by atoms with Crippen molar-refractivity contribution in [3.8, 4) is 5.75 Å². The smallest absolute Gasteiger partial charge is 0.256 e. The zero-order chi connectivity index (χ0) is 17.0. The molecule has 1 aliphatic heterocycles. The third-order valence-corrected chi connectivity index (χ3v) is 4.09. The van der Waals surface area contributed by atoms with Gasteiger partial charge in [0.2, 0.25) is 5.91 Å². The van der Waals surface area contributed by atoms with E-state index in [4.69, 9.17) is 9.47 Å². The van der Waals surface area contributed by atoms with Gasteiger partial charge in [0.05, 0.1) is 16.3 Å². The van der Waals surface area contributed by atoms with Gasteiger partial charge in [-0.15, -0.1) is 17.3 Å². The number of hydrogen-bond donors (Lipinski definition) is 0. The number of allylic oxidation sites excluding steroid dienone is 1. The molecule has 1 unspecified atom stereocenters. The second kappa shape index (κ2) is 10.1. The molecule has 0 fully saturated rings. The normalized spacial score (nSPS) is 17.6. The molecule has 24 heavy (non-hydrogen) atoms. The Morgan fingerprint density at radius 2 is 2.17 bits per heavy atom. The molecule has 2 rings (SSSR count). The van der Waals surface area contributed by atoms with E-state index in [1.54, 1.807) is 0 Å². The van der Waals surface area contributed by atoms with Crippen LogP contribution < -0.4 is 4.74 Å². The maximum Gasteiger partial charge on any atom is 0.256 e. The summed E-state index contributed by atoms with van der Waals surface area (Å²) >= 11 is 1.86. The van der Waals surface area contributed by atoms with Gasteiger partial charge in [0, 0.05) is 39.8 Å². The van der Waals surface area contributed by atoms with Crippen molar-refractivity contribution in [3.05, 3.63) is 35.7 Å². The first-order valence-electron chi connectivity index (χ1n) is 6.70. The number of ether oxygens (including phenoxy) is 2. The van der Waals surface area contributed by atoms with Gasteiger partial charge in [-0.25, -0.2) is 19.2 Å². The number of methoxy groups -OCH3 is 1. The van der Waals surface area contributed by atoms with Crippen LogP contribution in [0.5, 0.6) is 5.75 Å². The van der Waals surface area contributed by atoms with E-state index in [1.165, 1.54) is 19.2 Å². The SMILES string of the molecule is COCOc1ccc(C2=[C-]CC(I)C(=O)N2CC(F)F)c(F)c1.[Y]. The van der Waals surface area contributed by atoms with Gasteiger partial charge in [0.1, 0.15) is 5.75 Å². The fourth-order valence-corrected chi connectivity index (χ4v) is 2.67. The fraction of sp³-hybridized carbons (Fsp3) is 0.400. The summed E-state index contributed by atoms with van der Waals surface area (Å²) in [7, 11) is 1.43. The fourth-order valence-electron chi connectivity index (χ4n) is 2.11. The minimum absolute atomic E-state index is 0. The van der Waals surface area contributed by atoms with Crippen LogP contribution in [0.25, 0.3) is 5.70 Å². The predicted octanol–water partition coefficient (Wildman–Crippen LogP) is 3.25. The number of hydrogen-bond acceptors (Lipinski definition) is 3. The molecule has 1 heterocycles. The van der Waals surface area contributed by atoms with Crippen molar-refractivity contribution in [2.75, 3.05) is 20.4 Å². The van der Waals surface area contributed by atoms with E-state index >= 15 is 0 Å². The topological polar surface area (TPSA) is 38.8 Å². The van der Waals surface area contributed by atoms with Crippen LogP contribution in [0.3, 0.4) is 0 Å². The molecular formula is C15H14F3INO3Y-. The minimum atomic E-state index is -2.72. The van der Waals surface area contributed by atoms with Crippen molar-refractivity contribution >= 4 is 34.2 Å². The van der Waals surface area contributed by atoms with Crippen LogP contribution >= 0.6 is 22.6 Å². The molecule has 0 aliphatic carbocycles. The van der Waals surface area contributed by atoms with Crippen LogP contribution in [0.2, 0.25) is 0 Å². The van der Waals surface area contributed by atoms with E-state index < -0.39 is 28.6 Å². The molecule has 0 spiro atoms. The Kier molecular flexibility index (Phi) is 9.18. The number of benzene rings is 1. The maximum absolute atomic E-state index is 14.3. The number of nitrogens with zero attached hydrogens (tertiary/aromatic N) is 1. The number of alkyl halides is 3. The van der Waals surface area contributed by atoms with Gasteiger partial charge in [0.25, 0.3) is 6.43 Å². The Labute approximate surface area is 176 Å². The van der Waals surface area contributed by atoms with E-state index in [2.05, 4.69) is 6.08 Å².